The van der Waals surface area contributed by atoms with Crippen LogP contribution in [-0.4, -0.2) is 16.9 Å². The summed E-state index contributed by atoms with van der Waals surface area (Å²) >= 11 is 4.88. The van der Waals surface area contributed by atoms with Gasteiger partial charge in [0.2, 0.25) is 5.91 Å². The molecule has 4 heteroatoms. The highest BCUT2D eigenvalue weighted by molar-refractivity contribution is 7.80. The Hall–Kier alpha value is -1.42. The van der Waals surface area contributed by atoms with Crippen LogP contribution >= 0.6 is 12.2 Å². The molecule has 0 aliphatic heterocycles. The van der Waals surface area contributed by atoms with Gasteiger partial charge in [-0.25, -0.2) is 0 Å². The Morgan fingerprint density at radius 3 is 2.61 bits per heavy atom. The Kier molecular flexibility index (Phi) is 3.97. The van der Waals surface area contributed by atoms with Gasteiger partial charge in [-0.05, 0) is 17.9 Å². The molecule has 1 saturated carbocycles. The number of rotatable bonds is 5. The largest absolute Gasteiger partial charge is 0.389 e. The number of hydrogen-bond donors (Lipinski definition) is 2. The zero-order valence-corrected chi connectivity index (χ0v) is 11.3. The molecule has 0 heterocycles. The standard InChI is InChI=1S/C14H18N2OS/c1-2-10-8-12(10)16-13(17)7-9-3-5-11(6-4-9)14(15)18/h3-6,10,12H,2,7-8H2,1H3,(H2,15,18)(H,16,17). The molecule has 2 rings (SSSR count). The minimum atomic E-state index is 0.0963. The first-order valence-corrected chi connectivity index (χ1v) is 6.69. The molecule has 1 amide bonds. The number of carbonyl (C=O) groups excluding carboxylic acids is 1. The molecule has 0 aromatic heterocycles. The van der Waals surface area contributed by atoms with Gasteiger partial charge in [0.1, 0.15) is 4.99 Å². The third-order valence-electron chi connectivity index (χ3n) is 3.40. The molecule has 2 atom stereocenters. The van der Waals surface area contributed by atoms with E-state index in [0.717, 1.165) is 24.0 Å². The zero-order valence-electron chi connectivity index (χ0n) is 10.5. The van der Waals surface area contributed by atoms with Crippen molar-refractivity contribution < 1.29 is 4.79 Å². The molecule has 1 aliphatic carbocycles. The third kappa shape index (κ3) is 3.29. The van der Waals surface area contributed by atoms with Crippen LogP contribution in [0.4, 0.5) is 0 Å². The fourth-order valence-corrected chi connectivity index (χ4v) is 2.24. The van der Waals surface area contributed by atoms with Crippen molar-refractivity contribution in [3.05, 3.63) is 35.4 Å². The molecule has 0 radical (unpaired) electrons. The van der Waals surface area contributed by atoms with Crippen molar-refractivity contribution in [2.45, 2.75) is 32.2 Å². The van der Waals surface area contributed by atoms with E-state index in [1.807, 2.05) is 24.3 Å². The lowest BCUT2D eigenvalue weighted by Crippen LogP contribution is -2.28. The molecule has 1 aromatic carbocycles. The van der Waals surface area contributed by atoms with E-state index >= 15 is 0 Å². The van der Waals surface area contributed by atoms with Crippen LogP contribution in [0.25, 0.3) is 0 Å². The SMILES string of the molecule is CCC1CC1NC(=O)Cc1ccc(C(N)=S)cc1. The maximum Gasteiger partial charge on any atom is 0.224 e. The molecule has 1 aromatic rings. The van der Waals surface area contributed by atoms with Gasteiger partial charge in [-0.15, -0.1) is 0 Å². The van der Waals surface area contributed by atoms with E-state index in [2.05, 4.69) is 12.2 Å². The van der Waals surface area contributed by atoms with Crippen molar-refractivity contribution >= 4 is 23.1 Å². The van der Waals surface area contributed by atoms with Crippen molar-refractivity contribution in [1.29, 1.82) is 0 Å². The van der Waals surface area contributed by atoms with Gasteiger partial charge in [0, 0.05) is 11.6 Å². The highest BCUT2D eigenvalue weighted by atomic mass is 32.1. The van der Waals surface area contributed by atoms with E-state index in [9.17, 15) is 4.79 Å². The maximum atomic E-state index is 11.8. The van der Waals surface area contributed by atoms with Gasteiger partial charge in [0.15, 0.2) is 0 Å². The second-order valence-electron chi connectivity index (χ2n) is 4.82. The number of amides is 1. The second kappa shape index (κ2) is 5.48. The number of nitrogens with two attached hydrogens (primary N) is 1. The smallest absolute Gasteiger partial charge is 0.224 e. The summed E-state index contributed by atoms with van der Waals surface area (Å²) < 4.78 is 0. The normalized spacial score (nSPS) is 21.4. The summed E-state index contributed by atoms with van der Waals surface area (Å²) in [5.74, 6) is 0.782. The Morgan fingerprint density at radius 1 is 1.44 bits per heavy atom. The van der Waals surface area contributed by atoms with Gasteiger partial charge in [0.05, 0.1) is 6.42 Å². The molecule has 0 bridgehead atoms. The van der Waals surface area contributed by atoms with Crippen LogP contribution in [0.15, 0.2) is 24.3 Å². The number of benzene rings is 1. The summed E-state index contributed by atoms with van der Waals surface area (Å²) in [7, 11) is 0. The van der Waals surface area contributed by atoms with E-state index < -0.39 is 0 Å². The maximum absolute atomic E-state index is 11.8. The minimum absolute atomic E-state index is 0.0963. The van der Waals surface area contributed by atoms with Crippen LogP contribution < -0.4 is 11.1 Å². The van der Waals surface area contributed by atoms with Crippen molar-refractivity contribution in [3.63, 3.8) is 0 Å². The molecule has 0 saturated heterocycles. The van der Waals surface area contributed by atoms with Crippen LogP contribution in [-0.2, 0) is 11.2 Å². The summed E-state index contributed by atoms with van der Waals surface area (Å²) in [6.07, 6.45) is 2.70. The van der Waals surface area contributed by atoms with Crippen LogP contribution in [0.5, 0.6) is 0 Å². The molecule has 0 spiro atoms. The second-order valence-corrected chi connectivity index (χ2v) is 5.26. The lowest BCUT2D eigenvalue weighted by molar-refractivity contribution is -0.120. The van der Waals surface area contributed by atoms with Gasteiger partial charge >= 0.3 is 0 Å². The number of carbonyl (C=O) groups is 1. The van der Waals surface area contributed by atoms with Crippen molar-refractivity contribution in [2.75, 3.05) is 0 Å². The minimum Gasteiger partial charge on any atom is -0.389 e. The molecule has 3 nitrogen and oxygen atoms in total. The lowest BCUT2D eigenvalue weighted by atomic mass is 10.1. The third-order valence-corrected chi connectivity index (χ3v) is 3.63. The van der Waals surface area contributed by atoms with E-state index in [1.54, 1.807) is 0 Å². The fourth-order valence-electron chi connectivity index (χ4n) is 2.11. The Labute approximate surface area is 113 Å². The molecule has 3 N–H and O–H groups in total. The van der Waals surface area contributed by atoms with Crippen molar-refractivity contribution in [1.82, 2.24) is 5.32 Å². The highest BCUT2D eigenvalue weighted by Gasteiger charge is 2.36. The first kappa shape index (κ1) is 13.0. The Bertz CT molecular complexity index is 455. The molecule has 1 fully saturated rings. The Balaban J connectivity index is 1.85. The molecule has 96 valence electrons. The summed E-state index contributed by atoms with van der Waals surface area (Å²) in [6, 6.07) is 7.92. The van der Waals surface area contributed by atoms with Gasteiger partial charge < -0.3 is 11.1 Å². The highest BCUT2D eigenvalue weighted by Crippen LogP contribution is 2.33. The molecular weight excluding hydrogens is 244 g/mol. The van der Waals surface area contributed by atoms with Crippen LogP contribution in [0.2, 0.25) is 0 Å². The predicted molar refractivity (Wildman–Crippen MR) is 76.4 cm³/mol. The summed E-state index contributed by atoms with van der Waals surface area (Å²) in [4.78, 5) is 12.2. The van der Waals surface area contributed by atoms with Crippen LogP contribution in [0.1, 0.15) is 30.9 Å². The monoisotopic (exact) mass is 262 g/mol. The molecule has 18 heavy (non-hydrogen) atoms. The van der Waals surface area contributed by atoms with E-state index in [0.29, 0.717) is 23.4 Å². The summed E-state index contributed by atoms with van der Waals surface area (Å²) in [5.41, 5.74) is 7.34. The number of nitrogens with one attached hydrogen (secondary N) is 1. The van der Waals surface area contributed by atoms with E-state index in [1.165, 1.54) is 0 Å². The van der Waals surface area contributed by atoms with E-state index in [-0.39, 0.29) is 5.91 Å². The van der Waals surface area contributed by atoms with E-state index in [4.69, 9.17) is 18.0 Å². The van der Waals surface area contributed by atoms with Gasteiger partial charge in [-0.1, -0.05) is 49.8 Å². The summed E-state index contributed by atoms with van der Waals surface area (Å²) in [5, 5.41) is 3.05. The fraction of sp³-hybridized carbons (Fsp3) is 0.429. The van der Waals surface area contributed by atoms with Crippen molar-refractivity contribution in [3.8, 4) is 0 Å². The van der Waals surface area contributed by atoms with Crippen LogP contribution in [0.3, 0.4) is 0 Å². The molecule has 2 unspecified atom stereocenters. The average molecular weight is 262 g/mol. The summed E-state index contributed by atoms with van der Waals surface area (Å²) in [6.45, 7) is 2.16. The van der Waals surface area contributed by atoms with Gasteiger partial charge in [0.25, 0.3) is 0 Å². The zero-order chi connectivity index (χ0) is 13.1. The molecule has 1 aliphatic rings. The first-order valence-electron chi connectivity index (χ1n) is 6.28. The van der Waals surface area contributed by atoms with Gasteiger partial charge in [-0.3, -0.25) is 4.79 Å². The predicted octanol–water partition coefficient (Wildman–Crippen LogP) is 1.78. The number of thiocarbonyl (C=S) groups is 1. The first-order chi connectivity index (χ1) is 8.60. The Morgan fingerprint density at radius 2 is 2.11 bits per heavy atom. The quantitative estimate of drug-likeness (QED) is 0.795. The number of hydrogen-bond acceptors (Lipinski definition) is 2. The average Bonchev–Trinajstić information content (AvgIpc) is 3.08. The lowest BCUT2D eigenvalue weighted by Gasteiger charge is -2.05. The van der Waals surface area contributed by atoms with Gasteiger partial charge in [-0.2, -0.15) is 0 Å². The van der Waals surface area contributed by atoms with Crippen molar-refractivity contribution in [2.24, 2.45) is 11.7 Å². The van der Waals surface area contributed by atoms with Crippen LogP contribution in [0, 0.1) is 5.92 Å². The molecular formula is C14H18N2OS. The topological polar surface area (TPSA) is 55.1 Å².